The molecule has 0 aliphatic carbocycles. The summed E-state index contributed by atoms with van der Waals surface area (Å²) in [6, 6.07) is 3.79. The van der Waals surface area contributed by atoms with Gasteiger partial charge in [-0.05, 0) is 31.2 Å². The van der Waals surface area contributed by atoms with Gasteiger partial charge in [0.25, 0.3) is 0 Å². The third-order valence-electron chi connectivity index (χ3n) is 3.61. The van der Waals surface area contributed by atoms with Crippen LogP contribution in [0.2, 0.25) is 0 Å². The van der Waals surface area contributed by atoms with Crippen molar-refractivity contribution >= 4 is 11.4 Å². The number of nitrogens with one attached hydrogen (secondary N) is 3. The Morgan fingerprint density at radius 2 is 1.94 bits per heavy atom. The van der Waals surface area contributed by atoms with Crippen molar-refractivity contribution < 1.29 is 13.2 Å². The van der Waals surface area contributed by atoms with E-state index < -0.39 is 11.7 Å². The van der Waals surface area contributed by atoms with E-state index in [2.05, 4.69) is 16.0 Å². The molecule has 0 bridgehead atoms. The van der Waals surface area contributed by atoms with Crippen molar-refractivity contribution in [2.75, 3.05) is 30.3 Å². The number of hydrogen-bond donors (Lipinski definition) is 3. The third kappa shape index (κ3) is 1.90. The van der Waals surface area contributed by atoms with Crippen molar-refractivity contribution in [2.24, 2.45) is 0 Å². The summed E-state index contributed by atoms with van der Waals surface area (Å²) < 4.78 is 37.8. The van der Waals surface area contributed by atoms with E-state index >= 15 is 0 Å². The summed E-state index contributed by atoms with van der Waals surface area (Å²) in [5.74, 6) is 0. The van der Waals surface area contributed by atoms with Gasteiger partial charge in [-0.1, -0.05) is 0 Å². The van der Waals surface area contributed by atoms with Gasteiger partial charge in [0.2, 0.25) is 0 Å². The highest BCUT2D eigenvalue weighted by Crippen LogP contribution is 2.37. The second-order valence-electron chi connectivity index (χ2n) is 4.94. The molecule has 1 atom stereocenters. The van der Waals surface area contributed by atoms with Crippen LogP contribution in [-0.2, 0) is 6.18 Å². The van der Waals surface area contributed by atoms with Crippen molar-refractivity contribution in [2.45, 2.75) is 18.1 Å². The van der Waals surface area contributed by atoms with Gasteiger partial charge in [0.05, 0.1) is 22.5 Å². The van der Waals surface area contributed by atoms with Crippen LogP contribution >= 0.6 is 0 Å². The molecule has 0 aromatic heterocycles. The fourth-order valence-corrected chi connectivity index (χ4v) is 2.57. The van der Waals surface area contributed by atoms with Gasteiger partial charge in [0, 0.05) is 13.1 Å². The maximum absolute atomic E-state index is 12.6. The third-order valence-corrected chi connectivity index (χ3v) is 3.61. The zero-order valence-corrected chi connectivity index (χ0v) is 9.69. The SMILES string of the molecule is FC(F)(F)c1ccc2c(c1)NCC1(CCNC1)N2. The van der Waals surface area contributed by atoms with Gasteiger partial charge >= 0.3 is 6.18 Å². The smallest absolute Gasteiger partial charge is 0.381 e. The average Bonchev–Trinajstić information content (AvgIpc) is 2.75. The molecule has 3 rings (SSSR count). The Labute approximate surface area is 103 Å². The summed E-state index contributed by atoms with van der Waals surface area (Å²) in [6.07, 6.45) is -3.32. The van der Waals surface area contributed by atoms with E-state index in [1.807, 2.05) is 0 Å². The highest BCUT2D eigenvalue weighted by Gasteiger charge is 2.38. The van der Waals surface area contributed by atoms with Crippen molar-refractivity contribution in [1.82, 2.24) is 5.32 Å². The van der Waals surface area contributed by atoms with Gasteiger partial charge in [0.1, 0.15) is 0 Å². The average molecular weight is 257 g/mol. The number of anilines is 2. The van der Waals surface area contributed by atoms with Gasteiger partial charge in [-0.2, -0.15) is 13.2 Å². The number of alkyl halides is 3. The molecule has 1 unspecified atom stereocenters. The maximum atomic E-state index is 12.6. The van der Waals surface area contributed by atoms with Crippen LogP contribution in [0, 0.1) is 0 Å². The second kappa shape index (κ2) is 3.78. The first kappa shape index (κ1) is 11.6. The second-order valence-corrected chi connectivity index (χ2v) is 4.94. The molecular formula is C12H14F3N3. The lowest BCUT2D eigenvalue weighted by Gasteiger charge is -2.37. The Kier molecular flexibility index (Phi) is 2.45. The molecule has 1 spiro atoms. The van der Waals surface area contributed by atoms with Crippen LogP contribution in [-0.4, -0.2) is 25.2 Å². The first-order valence-electron chi connectivity index (χ1n) is 5.93. The molecule has 3 nitrogen and oxygen atoms in total. The fraction of sp³-hybridized carbons (Fsp3) is 0.500. The standard InChI is InChI=1S/C12H14F3N3/c13-12(14,15)8-1-2-9-10(5-8)17-7-11(18-9)3-4-16-6-11/h1-2,5,16-18H,3-4,6-7H2. The summed E-state index contributed by atoms with van der Waals surface area (Å²) in [5.41, 5.74) is 0.601. The Morgan fingerprint density at radius 1 is 1.11 bits per heavy atom. The largest absolute Gasteiger partial charge is 0.416 e. The van der Waals surface area contributed by atoms with Crippen LogP contribution in [0.4, 0.5) is 24.5 Å². The Hall–Kier alpha value is -1.43. The molecule has 18 heavy (non-hydrogen) atoms. The van der Waals surface area contributed by atoms with Crippen molar-refractivity contribution in [3.05, 3.63) is 23.8 Å². The zero-order valence-electron chi connectivity index (χ0n) is 9.69. The van der Waals surface area contributed by atoms with Crippen molar-refractivity contribution in [3.8, 4) is 0 Å². The number of rotatable bonds is 0. The molecule has 0 radical (unpaired) electrons. The predicted octanol–water partition coefficient (Wildman–Crippen LogP) is 2.27. The lowest BCUT2D eigenvalue weighted by molar-refractivity contribution is -0.137. The molecule has 0 saturated carbocycles. The zero-order chi connectivity index (χ0) is 12.8. The van der Waals surface area contributed by atoms with Gasteiger partial charge < -0.3 is 16.0 Å². The summed E-state index contributed by atoms with van der Waals surface area (Å²) in [6.45, 7) is 2.42. The molecule has 2 aliphatic heterocycles. The van der Waals surface area contributed by atoms with Crippen LogP contribution in [0.3, 0.4) is 0 Å². The van der Waals surface area contributed by atoms with Crippen LogP contribution in [0.1, 0.15) is 12.0 Å². The molecular weight excluding hydrogens is 243 g/mol. The van der Waals surface area contributed by atoms with Crippen molar-refractivity contribution in [3.63, 3.8) is 0 Å². The minimum absolute atomic E-state index is 0.0627. The molecule has 2 aliphatic rings. The molecule has 2 heterocycles. The molecule has 98 valence electrons. The van der Waals surface area contributed by atoms with E-state index in [-0.39, 0.29) is 5.54 Å². The minimum atomic E-state index is -4.29. The Bertz CT molecular complexity index is 464. The molecule has 3 N–H and O–H groups in total. The summed E-state index contributed by atoms with van der Waals surface area (Å²) in [4.78, 5) is 0. The Morgan fingerprint density at radius 3 is 2.61 bits per heavy atom. The number of benzene rings is 1. The van der Waals surface area contributed by atoms with Gasteiger partial charge in [0.15, 0.2) is 0 Å². The van der Waals surface area contributed by atoms with Crippen LogP contribution in [0.5, 0.6) is 0 Å². The highest BCUT2D eigenvalue weighted by molar-refractivity contribution is 5.73. The van der Waals surface area contributed by atoms with Crippen molar-refractivity contribution in [1.29, 1.82) is 0 Å². The highest BCUT2D eigenvalue weighted by atomic mass is 19.4. The predicted molar refractivity (Wildman–Crippen MR) is 63.8 cm³/mol. The molecule has 1 aromatic carbocycles. The quantitative estimate of drug-likeness (QED) is 0.667. The van der Waals surface area contributed by atoms with E-state index in [9.17, 15) is 13.2 Å². The lowest BCUT2D eigenvalue weighted by Crippen LogP contribution is -2.49. The Balaban J connectivity index is 1.90. The van der Waals surface area contributed by atoms with E-state index in [0.717, 1.165) is 37.3 Å². The topological polar surface area (TPSA) is 36.1 Å². The van der Waals surface area contributed by atoms with E-state index in [1.165, 1.54) is 6.07 Å². The molecule has 1 saturated heterocycles. The van der Waals surface area contributed by atoms with Crippen LogP contribution in [0.25, 0.3) is 0 Å². The molecule has 6 heteroatoms. The number of halogens is 3. The van der Waals surface area contributed by atoms with Gasteiger partial charge in [-0.3, -0.25) is 0 Å². The van der Waals surface area contributed by atoms with Crippen LogP contribution < -0.4 is 16.0 Å². The monoisotopic (exact) mass is 257 g/mol. The normalized spacial score (nSPS) is 26.6. The fourth-order valence-electron chi connectivity index (χ4n) is 2.57. The molecule has 1 aromatic rings. The van der Waals surface area contributed by atoms with Gasteiger partial charge in [-0.15, -0.1) is 0 Å². The minimum Gasteiger partial charge on any atom is -0.381 e. The molecule has 0 amide bonds. The summed E-state index contributed by atoms with van der Waals surface area (Å²) in [7, 11) is 0. The molecule has 1 fully saturated rings. The lowest BCUT2D eigenvalue weighted by atomic mass is 9.94. The maximum Gasteiger partial charge on any atom is 0.416 e. The first-order chi connectivity index (χ1) is 8.49. The summed E-state index contributed by atoms with van der Waals surface area (Å²) in [5, 5.41) is 9.73. The van der Waals surface area contributed by atoms with Gasteiger partial charge in [-0.25, -0.2) is 0 Å². The summed E-state index contributed by atoms with van der Waals surface area (Å²) >= 11 is 0. The van der Waals surface area contributed by atoms with E-state index in [1.54, 1.807) is 0 Å². The van der Waals surface area contributed by atoms with Crippen LogP contribution in [0.15, 0.2) is 18.2 Å². The van der Waals surface area contributed by atoms with E-state index in [4.69, 9.17) is 0 Å². The number of fused-ring (bicyclic) bond motifs is 1. The number of hydrogen-bond acceptors (Lipinski definition) is 3. The first-order valence-corrected chi connectivity index (χ1v) is 5.93. The van der Waals surface area contributed by atoms with E-state index in [0.29, 0.717) is 12.2 Å².